The lowest BCUT2D eigenvalue weighted by Gasteiger charge is -2.18. The van der Waals surface area contributed by atoms with Crippen molar-refractivity contribution >= 4 is 33.2 Å². The van der Waals surface area contributed by atoms with Crippen LogP contribution in [0.1, 0.15) is 19.4 Å². The number of rotatable bonds is 6. The van der Waals surface area contributed by atoms with Crippen LogP contribution in [0.3, 0.4) is 0 Å². The Morgan fingerprint density at radius 1 is 1.40 bits per heavy atom. The van der Waals surface area contributed by atoms with Crippen molar-refractivity contribution in [3.05, 3.63) is 22.4 Å². The molecule has 1 heterocycles. The van der Waals surface area contributed by atoms with E-state index >= 15 is 0 Å². The zero-order valence-electron chi connectivity index (χ0n) is 11.5. The Labute approximate surface area is 122 Å². The van der Waals surface area contributed by atoms with Crippen LogP contribution >= 0.6 is 11.3 Å². The van der Waals surface area contributed by atoms with E-state index in [1.807, 2.05) is 4.72 Å². The van der Waals surface area contributed by atoms with E-state index in [2.05, 4.69) is 4.74 Å². The van der Waals surface area contributed by atoms with Crippen LogP contribution in [0, 0.1) is 5.92 Å². The third kappa shape index (κ3) is 4.31. The molecule has 6 nitrogen and oxygen atoms in total. The Morgan fingerprint density at radius 2 is 2.05 bits per heavy atom. The van der Waals surface area contributed by atoms with Gasteiger partial charge in [0.15, 0.2) is 0 Å². The van der Waals surface area contributed by atoms with Crippen LogP contribution in [0.5, 0.6) is 0 Å². The van der Waals surface area contributed by atoms with Gasteiger partial charge < -0.3 is 4.74 Å². The standard InChI is InChI=1S/C12H17NO5S2/c1-8(12(15)18-3)9(2)20(16,17)13-11(14)6-10-4-5-19-7-10/h4-5,7-9H,6H2,1-3H3,(H,13,14)/t8-,9-/m0/s1. The molecule has 1 rings (SSSR count). The first-order valence-corrected chi connectivity index (χ1v) is 8.40. The Balaban J connectivity index is 2.69. The molecule has 0 unspecified atom stereocenters. The molecule has 0 spiro atoms. The van der Waals surface area contributed by atoms with Crippen LogP contribution in [0.15, 0.2) is 16.8 Å². The summed E-state index contributed by atoms with van der Waals surface area (Å²) in [5.74, 6) is -2.10. The fraction of sp³-hybridized carbons (Fsp3) is 0.500. The summed E-state index contributed by atoms with van der Waals surface area (Å²) in [6.45, 7) is 2.81. The molecule has 1 aromatic rings. The molecule has 0 aliphatic carbocycles. The molecule has 8 heteroatoms. The highest BCUT2D eigenvalue weighted by molar-refractivity contribution is 7.90. The topological polar surface area (TPSA) is 89.5 Å². The molecule has 2 atom stereocenters. The molecular formula is C12H17NO5S2. The number of nitrogens with one attached hydrogen (secondary N) is 1. The minimum Gasteiger partial charge on any atom is -0.469 e. The molecule has 20 heavy (non-hydrogen) atoms. The van der Waals surface area contributed by atoms with Gasteiger partial charge in [0, 0.05) is 0 Å². The van der Waals surface area contributed by atoms with Crippen molar-refractivity contribution in [3.63, 3.8) is 0 Å². The number of ether oxygens (including phenoxy) is 1. The van der Waals surface area contributed by atoms with Gasteiger partial charge in [0.25, 0.3) is 0 Å². The second-order valence-electron chi connectivity index (χ2n) is 4.40. The number of sulfonamides is 1. The molecule has 0 saturated carbocycles. The van der Waals surface area contributed by atoms with E-state index in [1.165, 1.54) is 32.3 Å². The first-order valence-electron chi connectivity index (χ1n) is 5.91. The zero-order valence-corrected chi connectivity index (χ0v) is 13.1. The maximum Gasteiger partial charge on any atom is 0.309 e. The highest BCUT2D eigenvalue weighted by Gasteiger charge is 2.32. The Kier molecular flexibility index (Phi) is 5.70. The van der Waals surface area contributed by atoms with Crippen molar-refractivity contribution in [2.45, 2.75) is 25.5 Å². The third-order valence-electron chi connectivity index (χ3n) is 2.97. The first kappa shape index (κ1) is 16.6. The fourth-order valence-corrected chi connectivity index (χ4v) is 3.41. The number of hydrogen-bond acceptors (Lipinski definition) is 6. The monoisotopic (exact) mass is 319 g/mol. The average Bonchev–Trinajstić information content (AvgIpc) is 2.87. The molecule has 0 fully saturated rings. The van der Waals surface area contributed by atoms with Gasteiger partial charge in [-0.3, -0.25) is 14.3 Å². The molecule has 1 N–H and O–H groups in total. The van der Waals surface area contributed by atoms with E-state index in [0.29, 0.717) is 0 Å². The smallest absolute Gasteiger partial charge is 0.309 e. The molecule has 1 amide bonds. The fourth-order valence-electron chi connectivity index (χ4n) is 1.51. The molecule has 1 aromatic heterocycles. The van der Waals surface area contributed by atoms with Crippen LogP contribution in [0.4, 0.5) is 0 Å². The number of hydrogen-bond donors (Lipinski definition) is 1. The van der Waals surface area contributed by atoms with Crippen LogP contribution in [0.25, 0.3) is 0 Å². The summed E-state index contributed by atoms with van der Waals surface area (Å²) in [5.41, 5.74) is 0.747. The molecule has 0 aliphatic heterocycles. The number of thiophene rings is 1. The highest BCUT2D eigenvalue weighted by Crippen LogP contribution is 2.13. The van der Waals surface area contributed by atoms with Gasteiger partial charge in [-0.1, -0.05) is 6.92 Å². The van der Waals surface area contributed by atoms with Gasteiger partial charge in [0.1, 0.15) is 0 Å². The predicted octanol–water partition coefficient (Wildman–Crippen LogP) is 0.934. The SMILES string of the molecule is COC(=O)[C@@H](C)[C@H](C)S(=O)(=O)NC(=O)Cc1ccsc1. The summed E-state index contributed by atoms with van der Waals surface area (Å²) in [5, 5.41) is 2.52. The normalized spacial score (nSPS) is 14.3. The summed E-state index contributed by atoms with van der Waals surface area (Å²) < 4.78 is 30.5. The summed E-state index contributed by atoms with van der Waals surface area (Å²) >= 11 is 1.43. The summed E-state index contributed by atoms with van der Waals surface area (Å²) in [4.78, 5) is 23.0. The van der Waals surface area contributed by atoms with Gasteiger partial charge in [-0.15, -0.1) is 0 Å². The predicted molar refractivity (Wildman–Crippen MR) is 75.7 cm³/mol. The van der Waals surface area contributed by atoms with Gasteiger partial charge in [-0.2, -0.15) is 11.3 Å². The molecule has 0 radical (unpaired) electrons. The maximum atomic E-state index is 12.0. The molecule has 0 bridgehead atoms. The molecule has 112 valence electrons. The Morgan fingerprint density at radius 3 is 2.55 bits per heavy atom. The number of carbonyl (C=O) groups excluding carboxylic acids is 2. The second kappa shape index (κ2) is 6.85. The largest absolute Gasteiger partial charge is 0.469 e. The van der Waals surface area contributed by atoms with Crippen molar-refractivity contribution in [2.75, 3.05) is 7.11 Å². The Hall–Kier alpha value is -1.41. The van der Waals surface area contributed by atoms with Gasteiger partial charge in [0.05, 0.1) is 24.7 Å². The lowest BCUT2D eigenvalue weighted by Crippen LogP contribution is -2.42. The van der Waals surface area contributed by atoms with E-state index in [4.69, 9.17) is 0 Å². The Bertz CT molecular complexity index is 565. The average molecular weight is 319 g/mol. The van der Waals surface area contributed by atoms with E-state index < -0.39 is 33.1 Å². The van der Waals surface area contributed by atoms with Crippen molar-refractivity contribution in [1.82, 2.24) is 4.72 Å². The lowest BCUT2D eigenvalue weighted by molar-refractivity contribution is -0.144. The maximum absolute atomic E-state index is 12.0. The third-order valence-corrected chi connectivity index (χ3v) is 5.60. The van der Waals surface area contributed by atoms with Gasteiger partial charge in [0.2, 0.25) is 15.9 Å². The summed E-state index contributed by atoms with van der Waals surface area (Å²) in [7, 11) is -2.73. The number of methoxy groups -OCH3 is 1. The van der Waals surface area contributed by atoms with E-state index in [9.17, 15) is 18.0 Å². The minimum atomic E-state index is -3.91. The summed E-state index contributed by atoms with van der Waals surface area (Å²) in [6.07, 6.45) is -0.0119. The molecule has 0 aromatic carbocycles. The van der Waals surface area contributed by atoms with Crippen LogP contribution < -0.4 is 4.72 Å². The van der Waals surface area contributed by atoms with Crippen LogP contribution in [-0.2, 0) is 30.8 Å². The number of amides is 1. The molecule has 0 saturated heterocycles. The van der Waals surface area contributed by atoms with Crippen LogP contribution in [0.2, 0.25) is 0 Å². The van der Waals surface area contributed by atoms with Crippen molar-refractivity contribution in [2.24, 2.45) is 5.92 Å². The minimum absolute atomic E-state index is 0.0119. The number of esters is 1. The van der Waals surface area contributed by atoms with Crippen molar-refractivity contribution < 1.29 is 22.7 Å². The lowest BCUT2D eigenvalue weighted by atomic mass is 10.1. The van der Waals surface area contributed by atoms with E-state index in [0.717, 1.165) is 5.56 Å². The zero-order chi connectivity index (χ0) is 15.3. The second-order valence-corrected chi connectivity index (χ2v) is 7.21. The highest BCUT2D eigenvalue weighted by atomic mass is 32.2. The first-order chi connectivity index (χ1) is 9.27. The number of carbonyl (C=O) groups is 2. The quantitative estimate of drug-likeness (QED) is 0.788. The summed E-state index contributed by atoms with van der Waals surface area (Å²) in [6, 6.07) is 1.75. The molecule has 0 aliphatic rings. The molecular weight excluding hydrogens is 302 g/mol. The van der Waals surface area contributed by atoms with Gasteiger partial charge >= 0.3 is 5.97 Å². The van der Waals surface area contributed by atoms with E-state index in [1.54, 1.807) is 16.8 Å². The van der Waals surface area contributed by atoms with E-state index in [-0.39, 0.29) is 6.42 Å². The van der Waals surface area contributed by atoms with Crippen molar-refractivity contribution in [1.29, 1.82) is 0 Å². The van der Waals surface area contributed by atoms with Crippen molar-refractivity contribution in [3.8, 4) is 0 Å². The van der Waals surface area contributed by atoms with Gasteiger partial charge in [-0.05, 0) is 29.3 Å². The van der Waals surface area contributed by atoms with Gasteiger partial charge in [-0.25, -0.2) is 8.42 Å². The van der Waals surface area contributed by atoms with Crippen LogP contribution in [-0.4, -0.2) is 32.7 Å².